The zero-order valence-corrected chi connectivity index (χ0v) is 15.8. The van der Waals surface area contributed by atoms with Crippen LogP contribution in [0, 0.1) is 0 Å². The van der Waals surface area contributed by atoms with E-state index in [1.807, 2.05) is 0 Å². The van der Waals surface area contributed by atoms with Crippen molar-refractivity contribution >= 4 is 50.9 Å². The Kier molecular flexibility index (Phi) is 7.65. The summed E-state index contributed by atoms with van der Waals surface area (Å²) in [4.78, 5) is 29.5. The summed E-state index contributed by atoms with van der Waals surface area (Å²) in [5, 5.41) is 0.277. The molecule has 0 aliphatic carbocycles. The van der Waals surface area contributed by atoms with Crippen molar-refractivity contribution < 1.29 is 32.7 Å². The molecule has 0 unspecified atom stereocenters. The molecule has 0 fully saturated rings. The highest BCUT2D eigenvalue weighted by atomic mass is 79.9. The van der Waals surface area contributed by atoms with E-state index in [1.54, 1.807) is 6.92 Å². The van der Waals surface area contributed by atoms with Crippen molar-refractivity contribution in [1.29, 1.82) is 0 Å². The zero-order chi connectivity index (χ0) is 16.7. The van der Waals surface area contributed by atoms with Crippen LogP contribution in [0.1, 0.15) is 22.2 Å². The Balaban J connectivity index is 0.00000264. The molecule has 0 saturated heterocycles. The number of carbonyl (C=O) groups excluding carboxylic acids is 1. The molecule has 0 spiro atoms. The molecule has 0 aliphatic heterocycles. The van der Waals surface area contributed by atoms with Crippen LogP contribution >= 0.6 is 34.9 Å². The number of ether oxygens (including phenoxy) is 1. The van der Waals surface area contributed by atoms with Crippen LogP contribution < -0.4 is 12.3 Å². The van der Waals surface area contributed by atoms with Gasteiger partial charge in [-0.3, -0.25) is 4.57 Å². The normalized spacial score (nSPS) is 11.6. The number of thiophene rings is 1. The quantitative estimate of drug-likeness (QED) is 0.399. The summed E-state index contributed by atoms with van der Waals surface area (Å²) in [6, 6.07) is 3.60. The Morgan fingerprint density at radius 2 is 1.92 bits per heavy atom. The number of esters is 1. The van der Waals surface area contributed by atoms with Crippen LogP contribution in [0.25, 0.3) is 10.1 Å². The van der Waals surface area contributed by atoms with Gasteiger partial charge < -0.3 is 26.8 Å². The lowest BCUT2D eigenvalue weighted by Crippen LogP contribution is -2.14. The fourth-order valence-electron chi connectivity index (χ4n) is 1.75. The van der Waals surface area contributed by atoms with Crippen molar-refractivity contribution in [2.75, 3.05) is 6.61 Å². The number of hydrogen-bond acceptors (Lipinski definition) is 6. The highest BCUT2D eigenvalue weighted by Crippen LogP contribution is 2.60. The van der Waals surface area contributed by atoms with E-state index in [0.29, 0.717) is 4.70 Å². The summed E-state index contributed by atoms with van der Waals surface area (Å²) < 4.78 is 43.9. The van der Waals surface area contributed by atoms with Gasteiger partial charge in [0.15, 0.2) is 0 Å². The van der Waals surface area contributed by atoms with Crippen molar-refractivity contribution in [3.8, 4) is 0 Å². The van der Waals surface area contributed by atoms with Gasteiger partial charge in [0.2, 0.25) is 0 Å². The fraction of sp³-hybridized carbons (Fsp3) is 0.250. The molecular weight excluding hydrogens is 433 g/mol. The molecule has 24 heavy (non-hydrogen) atoms. The Hall–Kier alpha value is -0.940. The smallest absolute Gasteiger partial charge is 0.399 e. The number of alkyl halides is 2. The molecule has 1 heterocycles. The van der Waals surface area contributed by atoms with Crippen molar-refractivity contribution in [3.63, 3.8) is 0 Å². The predicted octanol–water partition coefficient (Wildman–Crippen LogP) is 4.39. The van der Waals surface area contributed by atoms with Crippen LogP contribution in [0.3, 0.4) is 0 Å². The van der Waals surface area contributed by atoms with Crippen molar-refractivity contribution in [3.05, 3.63) is 33.1 Å². The number of carbonyl (C=O) groups is 1. The molecule has 0 atom stereocenters. The molecule has 2 aromatic rings. The second-order valence-corrected chi connectivity index (χ2v) is 7.87. The topological polar surface area (TPSA) is 154 Å². The molecule has 0 radical (unpaired) electrons. The first kappa shape index (κ1) is 23.1. The molecule has 0 saturated carbocycles. The Morgan fingerprint density at radius 1 is 1.33 bits per heavy atom. The number of benzene rings is 1. The number of hydrogen-bond donors (Lipinski definition) is 4. The van der Waals surface area contributed by atoms with Gasteiger partial charge in [0.05, 0.1) is 6.61 Å². The molecule has 136 valence electrons. The monoisotopic (exact) mass is 448 g/mol. The van der Waals surface area contributed by atoms with Gasteiger partial charge in [-0.25, -0.2) is 4.79 Å². The molecule has 1 aromatic heterocycles. The van der Waals surface area contributed by atoms with E-state index in [0.717, 1.165) is 17.4 Å². The number of rotatable bonds is 4. The summed E-state index contributed by atoms with van der Waals surface area (Å²) in [5.74, 6) is -0.580. The first-order valence-electron chi connectivity index (χ1n) is 5.92. The second kappa shape index (κ2) is 7.96. The SMILES string of the molecule is CCOC(=O)c1cc2cc(C(F)(F)P(=O)(O)O)c(Br)cc2s1.N.N. The van der Waals surface area contributed by atoms with Gasteiger partial charge in [-0.1, -0.05) is 15.9 Å². The van der Waals surface area contributed by atoms with E-state index in [1.165, 1.54) is 12.1 Å². The van der Waals surface area contributed by atoms with Gasteiger partial charge in [0, 0.05) is 14.7 Å². The van der Waals surface area contributed by atoms with E-state index >= 15 is 0 Å². The molecule has 12 heteroatoms. The molecular formula is C12H16BrF2N2O5PS. The molecule has 8 N–H and O–H groups in total. The number of halogens is 3. The highest BCUT2D eigenvalue weighted by molar-refractivity contribution is 9.10. The largest absolute Gasteiger partial charge is 0.462 e. The summed E-state index contributed by atoms with van der Waals surface area (Å²) in [5.41, 5.74) is -5.16. The van der Waals surface area contributed by atoms with Crippen LogP contribution in [0.15, 0.2) is 22.7 Å². The maximum absolute atomic E-state index is 13.9. The van der Waals surface area contributed by atoms with Crippen molar-refractivity contribution in [1.82, 2.24) is 12.3 Å². The van der Waals surface area contributed by atoms with Crippen LogP contribution in [-0.4, -0.2) is 22.4 Å². The molecule has 2 rings (SSSR count). The second-order valence-electron chi connectivity index (χ2n) is 4.29. The maximum Gasteiger partial charge on any atom is 0.399 e. The van der Waals surface area contributed by atoms with E-state index in [4.69, 9.17) is 14.5 Å². The Bertz CT molecular complexity index is 795. The molecule has 0 bridgehead atoms. The minimum atomic E-state index is -5.67. The Morgan fingerprint density at radius 3 is 2.42 bits per heavy atom. The van der Waals surface area contributed by atoms with Gasteiger partial charge in [-0.2, -0.15) is 8.78 Å². The van der Waals surface area contributed by atoms with Crippen LogP contribution in [-0.2, 0) is 15.0 Å². The fourth-order valence-corrected chi connectivity index (χ4v) is 4.13. The van der Waals surface area contributed by atoms with Crippen LogP contribution in [0.4, 0.5) is 8.78 Å². The van der Waals surface area contributed by atoms with E-state index < -0.39 is 24.8 Å². The average molecular weight is 449 g/mol. The van der Waals surface area contributed by atoms with E-state index in [9.17, 15) is 18.1 Å². The van der Waals surface area contributed by atoms with Crippen molar-refractivity contribution in [2.45, 2.75) is 12.6 Å². The minimum Gasteiger partial charge on any atom is -0.462 e. The summed E-state index contributed by atoms with van der Waals surface area (Å²) >= 11 is 3.93. The van der Waals surface area contributed by atoms with Gasteiger partial charge in [-0.05, 0) is 30.5 Å². The lowest BCUT2D eigenvalue weighted by atomic mass is 10.1. The summed E-state index contributed by atoms with van der Waals surface area (Å²) in [6.07, 6.45) is 0. The standard InChI is InChI=1S/C12H10BrF2O5PS.2H3N/c1-2-20-11(16)10-4-6-3-7(8(13)5-9(6)22-10)12(14,15)21(17,18)19;;/h3-5H,2H2,1H3,(H2,17,18,19);2*1H3. The van der Waals surface area contributed by atoms with Gasteiger partial charge >= 0.3 is 19.2 Å². The summed E-state index contributed by atoms with van der Waals surface area (Å²) in [7, 11) is -5.67. The molecule has 1 aromatic carbocycles. The van der Waals surface area contributed by atoms with Gasteiger partial charge in [-0.15, -0.1) is 11.3 Å². The average Bonchev–Trinajstić information content (AvgIpc) is 2.79. The number of fused-ring (bicyclic) bond motifs is 1. The maximum atomic E-state index is 13.9. The first-order valence-corrected chi connectivity index (χ1v) is 9.14. The van der Waals surface area contributed by atoms with Crippen LogP contribution in [0.2, 0.25) is 0 Å². The molecule has 0 aliphatic rings. The first-order chi connectivity index (χ1) is 10.1. The van der Waals surface area contributed by atoms with E-state index in [-0.39, 0.29) is 33.6 Å². The lowest BCUT2D eigenvalue weighted by molar-refractivity contribution is 0.0532. The Labute approximate surface area is 148 Å². The zero-order valence-electron chi connectivity index (χ0n) is 12.5. The van der Waals surface area contributed by atoms with Gasteiger partial charge in [0.25, 0.3) is 0 Å². The van der Waals surface area contributed by atoms with Gasteiger partial charge in [0.1, 0.15) is 4.88 Å². The third-order valence-electron chi connectivity index (χ3n) is 2.77. The third-order valence-corrected chi connectivity index (χ3v) is 5.48. The predicted molar refractivity (Wildman–Crippen MR) is 91.5 cm³/mol. The summed E-state index contributed by atoms with van der Waals surface area (Å²) in [6.45, 7) is 1.82. The lowest BCUT2D eigenvalue weighted by Gasteiger charge is -2.19. The van der Waals surface area contributed by atoms with Crippen molar-refractivity contribution in [2.24, 2.45) is 0 Å². The molecule has 7 nitrogen and oxygen atoms in total. The van der Waals surface area contributed by atoms with E-state index in [2.05, 4.69) is 15.9 Å². The highest BCUT2D eigenvalue weighted by Gasteiger charge is 2.51. The third kappa shape index (κ3) is 4.17. The van der Waals surface area contributed by atoms with Crippen LogP contribution in [0.5, 0.6) is 0 Å². The minimum absolute atomic E-state index is 0. The molecule has 0 amide bonds.